The Morgan fingerprint density at radius 3 is 0.892 bits per heavy atom. The number of carbonyl (C=O) groups excluding carboxylic acids is 4. The van der Waals surface area contributed by atoms with Crippen LogP contribution in [0.4, 0.5) is 0 Å². The van der Waals surface area contributed by atoms with Crippen LogP contribution in [0.2, 0.25) is 0 Å². The minimum absolute atomic E-state index is 0. The predicted molar refractivity (Wildman–Crippen MR) is 258 cm³/mol. The van der Waals surface area contributed by atoms with Crippen molar-refractivity contribution in [1.29, 1.82) is 0 Å². The average molecular weight is 1030 g/mol. The second kappa shape index (κ2) is 46.9. The molecule has 0 bridgehead atoms. The van der Waals surface area contributed by atoms with Gasteiger partial charge in [0.05, 0.1) is 13.2 Å². The molecule has 0 aliphatic heterocycles. The Hall–Kier alpha value is -2.19. The fourth-order valence-corrected chi connectivity index (χ4v) is 7.82. The minimum Gasteiger partial charge on any atom is -0.550 e. The Labute approximate surface area is 434 Å². The van der Waals surface area contributed by atoms with E-state index in [0.29, 0.717) is 12.8 Å². The molecule has 0 aliphatic carbocycles. The Kier molecular flexibility index (Phi) is 45.3. The third-order valence-corrected chi connectivity index (χ3v) is 11.3. The van der Waals surface area contributed by atoms with Gasteiger partial charge in [-0.15, -0.1) is 0 Å². The minimum atomic E-state index is -1.16. The van der Waals surface area contributed by atoms with E-state index in [2.05, 4.69) is 24.3 Å². The van der Waals surface area contributed by atoms with Crippen LogP contribution < -0.4 is 10.2 Å². The molecule has 65 heavy (non-hydrogen) atoms. The van der Waals surface area contributed by atoms with Gasteiger partial charge in [0.2, 0.25) is 0 Å². The van der Waals surface area contributed by atoms with E-state index in [4.69, 9.17) is 18.9 Å². The molecule has 0 aromatic heterocycles. The summed E-state index contributed by atoms with van der Waals surface area (Å²) in [7, 11) is 0. The van der Waals surface area contributed by atoms with Crippen molar-refractivity contribution in [3.63, 3.8) is 0 Å². The second-order valence-electron chi connectivity index (χ2n) is 17.5. The molecule has 0 heterocycles. The van der Waals surface area contributed by atoms with Crippen molar-refractivity contribution >= 4 is 72.8 Å². The maximum atomic E-state index is 11.0. The summed E-state index contributed by atoms with van der Waals surface area (Å²) in [5.41, 5.74) is 2.49. The summed E-state index contributed by atoms with van der Waals surface area (Å²) in [6.07, 6.45) is 31.6. The SMILES string of the molecule is CC(=O)OC(CCCCCCCCCCCCCCCOCc1ccccc1)CC(=O)[O-].CC(=O)OC(CCCCCCCCCCCCCCCOCc1ccccc1)CC(=O)[O-].[Ba+2]. The number of hydrogen-bond donors (Lipinski definition) is 0. The summed E-state index contributed by atoms with van der Waals surface area (Å²) in [5.74, 6) is -3.18. The van der Waals surface area contributed by atoms with Crippen molar-refractivity contribution in [2.45, 2.75) is 232 Å². The maximum Gasteiger partial charge on any atom is 2.00 e. The molecule has 0 radical (unpaired) electrons. The molecule has 0 aliphatic rings. The number of hydrogen-bond acceptors (Lipinski definition) is 10. The zero-order chi connectivity index (χ0) is 46.6. The largest absolute Gasteiger partial charge is 2.00 e. The third-order valence-electron chi connectivity index (χ3n) is 11.3. The van der Waals surface area contributed by atoms with Crippen molar-refractivity contribution in [3.05, 3.63) is 71.8 Å². The van der Waals surface area contributed by atoms with E-state index in [1.807, 2.05) is 36.4 Å². The molecule has 0 saturated carbocycles. The zero-order valence-corrected chi connectivity index (χ0v) is 45.2. The topological polar surface area (TPSA) is 151 Å². The molecule has 0 spiro atoms. The first kappa shape index (κ1) is 62.8. The van der Waals surface area contributed by atoms with Crippen molar-refractivity contribution in [3.8, 4) is 0 Å². The predicted octanol–water partition coefficient (Wildman–Crippen LogP) is 11.1. The van der Waals surface area contributed by atoms with Crippen molar-refractivity contribution in [2.24, 2.45) is 0 Å². The van der Waals surface area contributed by atoms with Crippen LogP contribution in [-0.2, 0) is 51.3 Å². The molecule has 10 nitrogen and oxygen atoms in total. The van der Waals surface area contributed by atoms with Gasteiger partial charge in [-0.25, -0.2) is 0 Å². The molecule has 2 atom stereocenters. The van der Waals surface area contributed by atoms with E-state index in [1.54, 1.807) is 0 Å². The van der Waals surface area contributed by atoms with Crippen LogP contribution in [-0.4, -0.2) is 98.2 Å². The zero-order valence-electron chi connectivity index (χ0n) is 40.8. The average Bonchev–Trinajstić information content (AvgIpc) is 3.26. The van der Waals surface area contributed by atoms with Crippen LogP contribution in [0.1, 0.15) is 218 Å². The molecular weight excluding hydrogens is 946 g/mol. The van der Waals surface area contributed by atoms with Crippen LogP contribution in [0.25, 0.3) is 0 Å². The molecule has 0 saturated heterocycles. The van der Waals surface area contributed by atoms with Crippen molar-refractivity contribution in [2.75, 3.05) is 13.2 Å². The van der Waals surface area contributed by atoms with Gasteiger partial charge < -0.3 is 38.7 Å². The summed E-state index contributed by atoms with van der Waals surface area (Å²) in [6, 6.07) is 20.7. The number of carbonyl (C=O) groups is 4. The first-order valence-corrected chi connectivity index (χ1v) is 25.1. The Morgan fingerprint density at radius 2 is 0.646 bits per heavy atom. The van der Waals surface area contributed by atoms with Crippen LogP contribution in [0.3, 0.4) is 0 Å². The Balaban J connectivity index is 0.00000124. The van der Waals surface area contributed by atoms with Gasteiger partial charge in [0, 0.05) is 51.8 Å². The molecule has 0 fully saturated rings. The number of unbranched alkanes of at least 4 members (excludes halogenated alkanes) is 24. The second-order valence-corrected chi connectivity index (χ2v) is 17.5. The number of ether oxygens (including phenoxy) is 4. The standard InChI is InChI=1S/2C27H44O5.Ba/c2*1-24(28)32-26(22-27(29)30)20-16-11-9-7-5-3-2-4-6-8-10-12-17-21-31-23-25-18-14-13-15-19-25;/h2*13-15,18-19,26H,2-12,16-17,20-23H2,1H3,(H,29,30);/q;;+2/p-2. The number of esters is 2. The van der Waals surface area contributed by atoms with Gasteiger partial charge in [-0.05, 0) is 49.7 Å². The number of carboxylic acid groups (broad SMARTS) is 2. The molecule has 2 rings (SSSR count). The van der Waals surface area contributed by atoms with Crippen molar-refractivity contribution in [1.82, 2.24) is 0 Å². The molecule has 11 heteroatoms. The van der Waals surface area contributed by atoms with E-state index in [-0.39, 0.29) is 61.7 Å². The summed E-state index contributed by atoms with van der Waals surface area (Å²) in [5, 5.41) is 21.4. The van der Waals surface area contributed by atoms with E-state index in [1.165, 1.54) is 141 Å². The summed E-state index contributed by atoms with van der Waals surface area (Å²) >= 11 is 0. The van der Waals surface area contributed by atoms with E-state index >= 15 is 0 Å². The van der Waals surface area contributed by atoms with Gasteiger partial charge in [0.15, 0.2) is 0 Å². The summed E-state index contributed by atoms with van der Waals surface area (Å²) in [4.78, 5) is 43.4. The number of carboxylic acids is 2. The van der Waals surface area contributed by atoms with Gasteiger partial charge in [-0.3, -0.25) is 9.59 Å². The number of benzene rings is 2. The van der Waals surface area contributed by atoms with Crippen LogP contribution in [0.15, 0.2) is 60.7 Å². The molecule has 2 aromatic rings. The summed E-state index contributed by atoms with van der Waals surface area (Å²) in [6.45, 7) is 5.78. The number of rotatable bonds is 42. The number of aliphatic carboxylic acids is 2. The first-order valence-electron chi connectivity index (χ1n) is 25.1. The van der Waals surface area contributed by atoms with E-state index in [0.717, 1.165) is 77.8 Å². The summed E-state index contributed by atoms with van der Waals surface area (Å²) < 4.78 is 21.5. The smallest absolute Gasteiger partial charge is 0.550 e. The van der Waals surface area contributed by atoms with Crippen LogP contribution in [0, 0.1) is 0 Å². The van der Waals surface area contributed by atoms with Gasteiger partial charge in [0.25, 0.3) is 0 Å². The quantitative estimate of drug-likeness (QED) is 0.0357. The molecule has 0 N–H and O–H groups in total. The molecular formula is C54H86BaO10. The van der Waals surface area contributed by atoms with Crippen LogP contribution >= 0.6 is 0 Å². The first-order chi connectivity index (χ1) is 31.2. The van der Waals surface area contributed by atoms with Crippen molar-refractivity contribution < 1.29 is 48.3 Å². The normalized spacial score (nSPS) is 11.7. The molecule has 0 amide bonds. The van der Waals surface area contributed by atoms with Gasteiger partial charge in [-0.1, -0.05) is 202 Å². The van der Waals surface area contributed by atoms with Crippen LogP contribution in [0.5, 0.6) is 0 Å². The van der Waals surface area contributed by atoms with E-state index < -0.39 is 36.1 Å². The maximum absolute atomic E-state index is 11.0. The van der Waals surface area contributed by atoms with E-state index in [9.17, 15) is 29.4 Å². The fraction of sp³-hybridized carbons (Fsp3) is 0.704. The Morgan fingerprint density at radius 1 is 0.400 bits per heavy atom. The Bertz CT molecular complexity index is 1250. The van der Waals surface area contributed by atoms with Gasteiger partial charge in [0.1, 0.15) is 12.2 Å². The molecule has 364 valence electrons. The molecule has 2 aromatic carbocycles. The van der Waals surface area contributed by atoms with Gasteiger partial charge in [-0.2, -0.15) is 0 Å². The fourth-order valence-electron chi connectivity index (χ4n) is 7.82. The van der Waals surface area contributed by atoms with Gasteiger partial charge >= 0.3 is 60.8 Å². The monoisotopic (exact) mass is 1030 g/mol. The third kappa shape index (κ3) is 45.4. The molecule has 2 unspecified atom stereocenters.